The Labute approximate surface area is 64.4 Å². The van der Waals surface area contributed by atoms with Gasteiger partial charge in [-0.25, -0.2) is 0 Å². The van der Waals surface area contributed by atoms with Gasteiger partial charge in [0.15, 0.2) is 0 Å². The molecule has 2 N–H and O–H groups in total. The van der Waals surface area contributed by atoms with Crippen molar-refractivity contribution < 1.29 is 14.9 Å². The van der Waals surface area contributed by atoms with Gasteiger partial charge < -0.3 is 14.9 Å². The van der Waals surface area contributed by atoms with Crippen molar-refractivity contribution in [1.29, 1.82) is 0 Å². The molecule has 3 atom stereocenters. The van der Waals surface area contributed by atoms with Crippen LogP contribution >= 0.6 is 11.8 Å². The summed E-state index contributed by atoms with van der Waals surface area (Å²) in [6.07, 6.45) is 0.149. The molecule has 0 unspecified atom stereocenters. The normalized spacial score (nSPS) is 40.5. The first-order valence-electron chi connectivity index (χ1n) is 3.09. The molecule has 0 amide bonds. The summed E-state index contributed by atoms with van der Waals surface area (Å²) in [6, 6.07) is 0. The Hall–Kier alpha value is 0.230. The first-order chi connectivity index (χ1) is 4.75. The molecule has 1 fully saturated rings. The van der Waals surface area contributed by atoms with Gasteiger partial charge in [-0.15, -0.1) is 0 Å². The summed E-state index contributed by atoms with van der Waals surface area (Å²) in [5.41, 5.74) is 0. The van der Waals surface area contributed by atoms with Crippen molar-refractivity contribution in [3.05, 3.63) is 6.61 Å². The van der Waals surface area contributed by atoms with Gasteiger partial charge in [0.25, 0.3) is 0 Å². The minimum absolute atomic E-state index is 0.231. The second kappa shape index (κ2) is 3.57. The van der Waals surface area contributed by atoms with E-state index in [0.29, 0.717) is 5.75 Å². The van der Waals surface area contributed by atoms with Crippen molar-refractivity contribution in [2.24, 2.45) is 0 Å². The van der Waals surface area contributed by atoms with Crippen LogP contribution in [0.25, 0.3) is 0 Å². The van der Waals surface area contributed by atoms with Crippen LogP contribution in [0.4, 0.5) is 0 Å². The SMILES string of the molecule is CSC[C@H]1O[CH][C@H](O)[C@@H]1O. The van der Waals surface area contributed by atoms with Crippen molar-refractivity contribution in [3.8, 4) is 0 Å². The fraction of sp³-hybridized carbons (Fsp3) is 0.833. The van der Waals surface area contributed by atoms with Gasteiger partial charge in [-0.2, -0.15) is 11.8 Å². The molecule has 1 aliphatic rings. The third-order valence-corrected chi connectivity index (χ3v) is 2.12. The molecule has 0 bridgehead atoms. The van der Waals surface area contributed by atoms with E-state index in [2.05, 4.69) is 0 Å². The topological polar surface area (TPSA) is 49.7 Å². The van der Waals surface area contributed by atoms with Crippen molar-refractivity contribution >= 4 is 11.8 Å². The van der Waals surface area contributed by atoms with E-state index in [0.717, 1.165) is 0 Å². The van der Waals surface area contributed by atoms with Crippen molar-refractivity contribution in [3.63, 3.8) is 0 Å². The molecule has 1 heterocycles. The number of ether oxygens (including phenoxy) is 1. The van der Waals surface area contributed by atoms with Crippen LogP contribution in [0.1, 0.15) is 0 Å². The Kier molecular flexibility index (Phi) is 2.97. The van der Waals surface area contributed by atoms with Gasteiger partial charge in [-0.3, -0.25) is 0 Å². The van der Waals surface area contributed by atoms with Crippen LogP contribution < -0.4 is 0 Å². The van der Waals surface area contributed by atoms with Crippen molar-refractivity contribution in [2.45, 2.75) is 18.3 Å². The molecule has 59 valence electrons. The van der Waals surface area contributed by atoms with E-state index in [-0.39, 0.29) is 6.10 Å². The van der Waals surface area contributed by atoms with Crippen LogP contribution in [0.3, 0.4) is 0 Å². The van der Waals surface area contributed by atoms with E-state index >= 15 is 0 Å². The molecule has 0 aromatic rings. The fourth-order valence-corrected chi connectivity index (χ4v) is 1.47. The minimum Gasteiger partial charge on any atom is -0.388 e. The lowest BCUT2D eigenvalue weighted by atomic mass is 10.2. The highest BCUT2D eigenvalue weighted by Crippen LogP contribution is 2.19. The van der Waals surface area contributed by atoms with Gasteiger partial charge in [-0.1, -0.05) is 0 Å². The van der Waals surface area contributed by atoms with E-state index in [4.69, 9.17) is 14.9 Å². The van der Waals surface area contributed by atoms with Gasteiger partial charge >= 0.3 is 0 Å². The third-order valence-electron chi connectivity index (χ3n) is 1.45. The summed E-state index contributed by atoms with van der Waals surface area (Å²) in [4.78, 5) is 0. The van der Waals surface area contributed by atoms with E-state index in [1.165, 1.54) is 6.61 Å². The smallest absolute Gasteiger partial charge is 0.115 e. The largest absolute Gasteiger partial charge is 0.388 e. The van der Waals surface area contributed by atoms with Gasteiger partial charge in [0.2, 0.25) is 0 Å². The van der Waals surface area contributed by atoms with Crippen molar-refractivity contribution in [2.75, 3.05) is 12.0 Å². The highest BCUT2D eigenvalue weighted by Gasteiger charge is 2.34. The molecule has 1 saturated heterocycles. The summed E-state index contributed by atoms with van der Waals surface area (Å²) in [7, 11) is 0. The maximum atomic E-state index is 9.17. The average Bonchev–Trinajstić information content (AvgIpc) is 2.20. The monoisotopic (exact) mass is 163 g/mol. The molecular formula is C6H11O3S. The van der Waals surface area contributed by atoms with E-state index in [9.17, 15) is 0 Å². The van der Waals surface area contributed by atoms with E-state index in [1.54, 1.807) is 11.8 Å². The second-order valence-corrected chi connectivity index (χ2v) is 3.16. The zero-order valence-corrected chi connectivity index (χ0v) is 6.54. The van der Waals surface area contributed by atoms with Crippen LogP contribution in [0.5, 0.6) is 0 Å². The molecule has 0 saturated carbocycles. The van der Waals surface area contributed by atoms with Crippen LogP contribution in [0.2, 0.25) is 0 Å². The molecule has 0 spiro atoms. The summed E-state index contributed by atoms with van der Waals surface area (Å²) in [5.74, 6) is 0.717. The molecule has 3 nitrogen and oxygen atoms in total. The van der Waals surface area contributed by atoms with Crippen LogP contribution in [0, 0.1) is 6.61 Å². The number of rotatable bonds is 2. The summed E-state index contributed by atoms with van der Waals surface area (Å²) >= 11 is 1.59. The Balaban J connectivity index is 2.33. The number of hydrogen-bond acceptors (Lipinski definition) is 4. The predicted molar refractivity (Wildman–Crippen MR) is 39.6 cm³/mol. The molecular weight excluding hydrogens is 152 g/mol. The maximum absolute atomic E-state index is 9.17. The third kappa shape index (κ3) is 1.63. The summed E-state index contributed by atoms with van der Waals surface area (Å²) < 4.78 is 4.97. The molecule has 1 radical (unpaired) electrons. The van der Waals surface area contributed by atoms with Gasteiger partial charge in [0.05, 0.1) is 6.10 Å². The molecule has 4 heteroatoms. The maximum Gasteiger partial charge on any atom is 0.115 e. The number of hydrogen-bond donors (Lipinski definition) is 2. The molecule has 0 aliphatic carbocycles. The molecule has 1 rings (SSSR count). The van der Waals surface area contributed by atoms with Gasteiger partial charge in [0, 0.05) is 5.75 Å². The summed E-state index contributed by atoms with van der Waals surface area (Å²) in [5, 5.41) is 18.1. The molecule has 0 aromatic carbocycles. The Morgan fingerprint density at radius 2 is 2.30 bits per heavy atom. The predicted octanol–water partition coefficient (Wildman–Crippen LogP) is -0.368. The lowest BCUT2D eigenvalue weighted by Crippen LogP contribution is -2.30. The first kappa shape index (κ1) is 8.33. The van der Waals surface area contributed by atoms with Crippen molar-refractivity contribution in [1.82, 2.24) is 0 Å². The van der Waals surface area contributed by atoms with Gasteiger partial charge in [-0.05, 0) is 6.26 Å². The lowest BCUT2D eigenvalue weighted by molar-refractivity contribution is 0.0337. The number of aliphatic hydroxyl groups is 2. The second-order valence-electron chi connectivity index (χ2n) is 2.25. The van der Waals surface area contributed by atoms with Gasteiger partial charge in [0.1, 0.15) is 18.8 Å². The molecule has 10 heavy (non-hydrogen) atoms. The Morgan fingerprint density at radius 3 is 2.70 bits per heavy atom. The lowest BCUT2D eigenvalue weighted by Gasteiger charge is -2.12. The number of thioether (sulfide) groups is 1. The molecule has 0 aromatic heterocycles. The highest BCUT2D eigenvalue weighted by atomic mass is 32.2. The minimum atomic E-state index is -0.808. The molecule has 1 aliphatic heterocycles. The number of aliphatic hydroxyl groups excluding tert-OH is 2. The fourth-order valence-electron chi connectivity index (χ4n) is 0.864. The quantitative estimate of drug-likeness (QED) is 0.583. The highest BCUT2D eigenvalue weighted by molar-refractivity contribution is 7.98. The van der Waals surface area contributed by atoms with Crippen LogP contribution in [-0.4, -0.2) is 40.5 Å². The average molecular weight is 163 g/mol. The zero-order valence-electron chi connectivity index (χ0n) is 5.73. The first-order valence-corrected chi connectivity index (χ1v) is 4.49. The standard InChI is InChI=1S/C6H11O3S/c1-10-3-5-6(8)4(7)2-9-5/h2,4-8H,3H2,1H3/t4-,5+,6-/m0/s1. The van der Waals surface area contributed by atoms with E-state index < -0.39 is 12.2 Å². The Morgan fingerprint density at radius 1 is 1.60 bits per heavy atom. The summed E-state index contributed by atoms with van der Waals surface area (Å²) in [6.45, 7) is 1.28. The zero-order chi connectivity index (χ0) is 7.56. The van der Waals surface area contributed by atoms with Crippen LogP contribution in [-0.2, 0) is 4.74 Å². The Bertz CT molecular complexity index is 107. The van der Waals surface area contributed by atoms with Crippen LogP contribution in [0.15, 0.2) is 0 Å². The van der Waals surface area contributed by atoms with E-state index in [1.807, 2.05) is 6.26 Å².